The van der Waals surface area contributed by atoms with Crippen molar-refractivity contribution in [3.63, 3.8) is 0 Å². The molecule has 2 rings (SSSR count). The number of benzene rings is 2. The molecule has 0 amide bonds. The average molecular weight is 228 g/mol. The summed E-state index contributed by atoms with van der Waals surface area (Å²) in [7, 11) is 0. The second kappa shape index (κ2) is 8.11. The molecule has 2 aromatic rings. The van der Waals surface area contributed by atoms with Gasteiger partial charge in [0.1, 0.15) is 17.8 Å². The van der Waals surface area contributed by atoms with Crippen LogP contribution >= 0.6 is 0 Å². The molecule has 0 aliphatic heterocycles. The lowest BCUT2D eigenvalue weighted by molar-refractivity contribution is -0.107. The van der Waals surface area contributed by atoms with E-state index < -0.39 is 0 Å². The van der Waals surface area contributed by atoms with Crippen molar-refractivity contribution in [2.75, 3.05) is 0 Å². The fourth-order valence-corrected chi connectivity index (χ4v) is 1.11. The van der Waals surface area contributed by atoms with Crippen molar-refractivity contribution in [3.8, 4) is 11.5 Å². The van der Waals surface area contributed by atoms with Gasteiger partial charge in [-0.1, -0.05) is 43.3 Å². The number of aldehydes is 1. The first kappa shape index (κ1) is 13.0. The first-order valence-corrected chi connectivity index (χ1v) is 5.58. The first-order valence-electron chi connectivity index (χ1n) is 5.58. The van der Waals surface area contributed by atoms with Crippen LogP contribution in [0, 0.1) is 0 Å². The summed E-state index contributed by atoms with van der Waals surface area (Å²) in [6.45, 7) is 1.81. The van der Waals surface area contributed by atoms with Gasteiger partial charge in [0.15, 0.2) is 0 Å². The molecule has 0 saturated heterocycles. The van der Waals surface area contributed by atoms with Crippen LogP contribution in [0.1, 0.15) is 13.3 Å². The van der Waals surface area contributed by atoms with Gasteiger partial charge in [0.05, 0.1) is 0 Å². The second-order valence-electron chi connectivity index (χ2n) is 3.30. The van der Waals surface area contributed by atoms with Crippen molar-refractivity contribution >= 4 is 6.29 Å². The highest BCUT2D eigenvalue weighted by atomic mass is 16.5. The van der Waals surface area contributed by atoms with Crippen LogP contribution < -0.4 is 4.74 Å². The fraction of sp³-hybridized carbons (Fsp3) is 0.133. The minimum absolute atomic E-state index is 0.639. The van der Waals surface area contributed by atoms with E-state index in [-0.39, 0.29) is 0 Å². The molecule has 2 heteroatoms. The van der Waals surface area contributed by atoms with Gasteiger partial charge in [-0.3, -0.25) is 0 Å². The Balaban J connectivity index is 0.000000317. The molecule has 0 radical (unpaired) electrons. The summed E-state index contributed by atoms with van der Waals surface area (Å²) in [6.07, 6.45) is 1.51. The number of para-hydroxylation sites is 2. The Bertz CT molecular complexity index is 372. The molecule has 0 N–H and O–H groups in total. The highest BCUT2D eigenvalue weighted by Crippen LogP contribution is 2.19. The van der Waals surface area contributed by atoms with E-state index in [1.807, 2.05) is 67.6 Å². The Kier molecular flexibility index (Phi) is 6.19. The van der Waals surface area contributed by atoms with Gasteiger partial charge >= 0.3 is 0 Å². The zero-order valence-electron chi connectivity index (χ0n) is 9.87. The van der Waals surface area contributed by atoms with Crippen LogP contribution in [-0.2, 0) is 4.79 Å². The topological polar surface area (TPSA) is 26.3 Å². The van der Waals surface area contributed by atoms with E-state index in [1.54, 1.807) is 0 Å². The minimum atomic E-state index is 0.639. The van der Waals surface area contributed by atoms with Gasteiger partial charge in [0, 0.05) is 6.42 Å². The summed E-state index contributed by atoms with van der Waals surface area (Å²) in [5.41, 5.74) is 0. The third-order valence-corrected chi connectivity index (χ3v) is 1.89. The number of ether oxygens (including phenoxy) is 1. The Morgan fingerprint density at radius 3 is 1.53 bits per heavy atom. The molecule has 0 aromatic heterocycles. The number of hydrogen-bond acceptors (Lipinski definition) is 2. The molecule has 2 nitrogen and oxygen atoms in total. The zero-order valence-corrected chi connectivity index (χ0v) is 9.87. The zero-order chi connectivity index (χ0) is 12.3. The lowest BCUT2D eigenvalue weighted by Gasteiger charge is -2.03. The maximum absolute atomic E-state index is 9.17. The summed E-state index contributed by atoms with van der Waals surface area (Å²) in [5.74, 6) is 1.74. The molecule has 0 aliphatic carbocycles. The number of rotatable bonds is 3. The van der Waals surface area contributed by atoms with Gasteiger partial charge in [-0.2, -0.15) is 0 Å². The predicted molar refractivity (Wildman–Crippen MR) is 69.3 cm³/mol. The molecule has 0 spiro atoms. The van der Waals surface area contributed by atoms with E-state index in [0.29, 0.717) is 6.42 Å². The van der Waals surface area contributed by atoms with Gasteiger partial charge in [-0.05, 0) is 24.3 Å². The van der Waals surface area contributed by atoms with Crippen LogP contribution in [-0.4, -0.2) is 6.29 Å². The largest absolute Gasteiger partial charge is 0.457 e. The smallest absolute Gasteiger partial charge is 0.127 e. The van der Waals surface area contributed by atoms with Crippen molar-refractivity contribution < 1.29 is 9.53 Å². The molecule has 88 valence electrons. The average Bonchev–Trinajstić information content (AvgIpc) is 2.41. The second-order valence-corrected chi connectivity index (χ2v) is 3.30. The van der Waals surface area contributed by atoms with Gasteiger partial charge in [0.25, 0.3) is 0 Å². The van der Waals surface area contributed by atoms with Crippen molar-refractivity contribution in [2.45, 2.75) is 13.3 Å². The van der Waals surface area contributed by atoms with E-state index in [0.717, 1.165) is 17.8 Å². The molecule has 2 aromatic carbocycles. The van der Waals surface area contributed by atoms with Gasteiger partial charge in [0.2, 0.25) is 0 Å². The van der Waals surface area contributed by atoms with Crippen LogP contribution in [0.15, 0.2) is 60.7 Å². The monoisotopic (exact) mass is 228 g/mol. The highest BCUT2D eigenvalue weighted by Gasteiger charge is 1.92. The van der Waals surface area contributed by atoms with Crippen molar-refractivity contribution in [1.29, 1.82) is 0 Å². The summed E-state index contributed by atoms with van der Waals surface area (Å²) in [4.78, 5) is 9.17. The molecule has 0 saturated carbocycles. The molecule has 0 fully saturated rings. The standard InChI is InChI=1S/C12H10O.C3H6O/c1-3-7-11(8-4-1)13-12-9-5-2-6-10-12;1-2-3-4/h1-10H;3H,2H2,1H3. The summed E-state index contributed by atoms with van der Waals surface area (Å²) in [5, 5.41) is 0. The Morgan fingerprint density at radius 1 is 0.882 bits per heavy atom. The lowest BCUT2D eigenvalue weighted by atomic mass is 10.3. The van der Waals surface area contributed by atoms with Crippen LogP contribution in [0.2, 0.25) is 0 Å². The fourth-order valence-electron chi connectivity index (χ4n) is 1.11. The van der Waals surface area contributed by atoms with Crippen molar-refractivity contribution in [3.05, 3.63) is 60.7 Å². The Hall–Kier alpha value is -2.09. The van der Waals surface area contributed by atoms with Crippen LogP contribution in [0.5, 0.6) is 11.5 Å². The summed E-state index contributed by atoms with van der Waals surface area (Å²) < 4.78 is 5.58. The van der Waals surface area contributed by atoms with Crippen molar-refractivity contribution in [2.24, 2.45) is 0 Å². The maximum atomic E-state index is 9.17. The SMILES string of the molecule is CCC=O.c1ccc(Oc2ccccc2)cc1. The first-order chi connectivity index (χ1) is 8.36. The van der Waals surface area contributed by atoms with E-state index in [1.165, 1.54) is 0 Å². The molecule has 0 aliphatic rings. The van der Waals surface area contributed by atoms with Gasteiger partial charge < -0.3 is 9.53 Å². The van der Waals surface area contributed by atoms with E-state index >= 15 is 0 Å². The molecule has 0 unspecified atom stereocenters. The van der Waals surface area contributed by atoms with E-state index in [4.69, 9.17) is 4.74 Å². The molecule has 0 heterocycles. The molecule has 0 bridgehead atoms. The van der Waals surface area contributed by atoms with Crippen LogP contribution in [0.25, 0.3) is 0 Å². The minimum Gasteiger partial charge on any atom is -0.457 e. The van der Waals surface area contributed by atoms with Crippen LogP contribution in [0.4, 0.5) is 0 Å². The molecular formula is C15H16O2. The quantitative estimate of drug-likeness (QED) is 0.740. The lowest BCUT2D eigenvalue weighted by Crippen LogP contribution is -1.81. The maximum Gasteiger partial charge on any atom is 0.127 e. The number of hydrogen-bond donors (Lipinski definition) is 0. The molecule has 0 atom stereocenters. The molecule has 17 heavy (non-hydrogen) atoms. The van der Waals surface area contributed by atoms with Crippen LogP contribution in [0.3, 0.4) is 0 Å². The number of carbonyl (C=O) groups excluding carboxylic acids is 1. The van der Waals surface area contributed by atoms with Gasteiger partial charge in [-0.15, -0.1) is 0 Å². The van der Waals surface area contributed by atoms with Crippen molar-refractivity contribution in [1.82, 2.24) is 0 Å². The summed E-state index contributed by atoms with van der Waals surface area (Å²) >= 11 is 0. The third kappa shape index (κ3) is 5.52. The third-order valence-electron chi connectivity index (χ3n) is 1.89. The Morgan fingerprint density at radius 2 is 1.24 bits per heavy atom. The highest BCUT2D eigenvalue weighted by molar-refractivity contribution is 5.48. The van der Waals surface area contributed by atoms with Gasteiger partial charge in [-0.25, -0.2) is 0 Å². The van der Waals surface area contributed by atoms with E-state index in [9.17, 15) is 4.79 Å². The summed E-state index contributed by atoms with van der Waals surface area (Å²) in [6, 6.07) is 19.5. The van der Waals surface area contributed by atoms with E-state index in [2.05, 4.69) is 0 Å². The normalized spacial score (nSPS) is 8.76. The Labute approximate surface area is 102 Å². The number of carbonyl (C=O) groups is 1. The predicted octanol–water partition coefficient (Wildman–Crippen LogP) is 4.07. The molecular weight excluding hydrogens is 212 g/mol.